The number of piperazine rings is 1. The second-order valence-corrected chi connectivity index (χ2v) is 9.57. The van der Waals surface area contributed by atoms with E-state index in [-0.39, 0.29) is 6.04 Å². The lowest BCUT2D eigenvalue weighted by molar-refractivity contribution is -0.142. The Labute approximate surface area is 212 Å². The van der Waals surface area contributed by atoms with Crippen LogP contribution in [0, 0.1) is 17.1 Å². The molecule has 1 amide bonds. The van der Waals surface area contributed by atoms with E-state index < -0.39 is 17.4 Å². The summed E-state index contributed by atoms with van der Waals surface area (Å²) in [5, 5.41) is 10.00. The minimum atomic E-state index is -1.95. The first kappa shape index (κ1) is 24.3. The van der Waals surface area contributed by atoms with Crippen LogP contribution in [0.3, 0.4) is 0 Å². The van der Waals surface area contributed by atoms with Crippen LogP contribution in [0.2, 0.25) is 0 Å². The van der Waals surface area contributed by atoms with E-state index >= 15 is 4.39 Å². The van der Waals surface area contributed by atoms with Crippen molar-refractivity contribution in [1.29, 1.82) is 5.26 Å². The molecule has 4 aromatic rings. The van der Waals surface area contributed by atoms with Crippen LogP contribution in [0.4, 0.5) is 14.6 Å². The number of nitriles is 1. The zero-order valence-corrected chi connectivity index (χ0v) is 20.7. The summed E-state index contributed by atoms with van der Waals surface area (Å²) in [6.07, 6.45) is 4.72. The molecule has 3 aromatic heterocycles. The van der Waals surface area contributed by atoms with Crippen LogP contribution in [-0.2, 0) is 4.79 Å². The van der Waals surface area contributed by atoms with Gasteiger partial charge in [-0.1, -0.05) is 18.2 Å². The van der Waals surface area contributed by atoms with Crippen LogP contribution in [-0.4, -0.2) is 61.7 Å². The quantitative estimate of drug-likeness (QED) is 0.415. The minimum Gasteiger partial charge on any atom is -0.350 e. The Kier molecular flexibility index (Phi) is 6.07. The molecule has 5 rings (SSSR count). The van der Waals surface area contributed by atoms with E-state index in [1.165, 1.54) is 37.3 Å². The maximum Gasteiger partial charge on any atom is 0.259 e. The first-order valence-corrected chi connectivity index (χ1v) is 11.9. The number of rotatable bonds is 4. The number of pyridine rings is 1. The van der Waals surface area contributed by atoms with Crippen LogP contribution in [0.5, 0.6) is 0 Å². The van der Waals surface area contributed by atoms with Gasteiger partial charge < -0.3 is 9.80 Å². The number of halogens is 2. The fourth-order valence-electron chi connectivity index (χ4n) is 4.77. The second-order valence-electron chi connectivity index (χ2n) is 9.57. The molecule has 0 radical (unpaired) electrons. The van der Waals surface area contributed by atoms with Crippen LogP contribution in [0.25, 0.3) is 28.0 Å². The first-order valence-electron chi connectivity index (χ1n) is 11.9. The largest absolute Gasteiger partial charge is 0.350 e. The number of hydrogen-bond donors (Lipinski definition) is 0. The van der Waals surface area contributed by atoms with E-state index in [4.69, 9.17) is 0 Å². The van der Waals surface area contributed by atoms with Crippen molar-refractivity contribution >= 4 is 22.8 Å². The number of benzene rings is 1. The topological polar surface area (TPSA) is 90.9 Å². The Morgan fingerprint density at radius 2 is 1.92 bits per heavy atom. The predicted molar refractivity (Wildman–Crippen MR) is 135 cm³/mol. The van der Waals surface area contributed by atoms with Gasteiger partial charge in [-0.25, -0.2) is 23.7 Å². The van der Waals surface area contributed by atoms with Gasteiger partial charge >= 0.3 is 0 Å². The second kappa shape index (κ2) is 9.24. The van der Waals surface area contributed by atoms with Crippen molar-refractivity contribution in [3.05, 3.63) is 66.5 Å². The van der Waals surface area contributed by atoms with Gasteiger partial charge in [-0.3, -0.25) is 9.36 Å². The third-order valence-corrected chi connectivity index (χ3v) is 6.54. The van der Waals surface area contributed by atoms with Crippen LogP contribution in [0.1, 0.15) is 26.3 Å². The number of carbonyl (C=O) groups is 1. The first-order chi connectivity index (χ1) is 17.7. The number of nitrogens with zero attached hydrogens (tertiary/aromatic N) is 7. The number of amides is 1. The van der Waals surface area contributed by atoms with Crippen molar-refractivity contribution in [2.24, 2.45) is 0 Å². The van der Waals surface area contributed by atoms with Crippen LogP contribution < -0.4 is 4.90 Å². The van der Waals surface area contributed by atoms with Gasteiger partial charge in [0.1, 0.15) is 23.8 Å². The van der Waals surface area contributed by atoms with Crippen LogP contribution >= 0.6 is 0 Å². The molecule has 37 heavy (non-hydrogen) atoms. The van der Waals surface area contributed by atoms with Gasteiger partial charge in [0.25, 0.3) is 5.91 Å². The number of carbonyl (C=O) groups excluding carboxylic acids is 1. The molecule has 1 aliphatic heterocycles. The molecule has 0 bridgehead atoms. The van der Waals surface area contributed by atoms with Crippen LogP contribution in [0.15, 0.2) is 55.1 Å². The Bertz CT molecular complexity index is 1540. The average Bonchev–Trinajstić information content (AvgIpc) is 3.28. The number of anilines is 1. The molecule has 8 nitrogen and oxygen atoms in total. The van der Waals surface area contributed by atoms with Gasteiger partial charge in [0.05, 0.1) is 17.0 Å². The number of hydrogen-bond acceptors (Lipinski definition) is 6. The maximum absolute atomic E-state index is 15.0. The summed E-state index contributed by atoms with van der Waals surface area (Å²) in [6.45, 7) is 5.52. The molecule has 1 aliphatic rings. The van der Waals surface area contributed by atoms with E-state index in [0.29, 0.717) is 59.0 Å². The van der Waals surface area contributed by atoms with E-state index in [0.717, 1.165) is 0 Å². The molecule has 0 spiro atoms. The smallest absolute Gasteiger partial charge is 0.259 e. The summed E-state index contributed by atoms with van der Waals surface area (Å²) in [4.78, 5) is 29.6. The molecule has 1 atom stereocenters. The highest BCUT2D eigenvalue weighted by molar-refractivity contribution is 6.02. The summed E-state index contributed by atoms with van der Waals surface area (Å²) < 4.78 is 31.1. The normalized spacial score (nSPS) is 16.2. The van der Waals surface area contributed by atoms with Gasteiger partial charge in [-0.2, -0.15) is 5.26 Å². The Morgan fingerprint density at radius 1 is 1.14 bits per heavy atom. The molecule has 4 heterocycles. The maximum atomic E-state index is 15.0. The monoisotopic (exact) mass is 501 g/mol. The van der Waals surface area contributed by atoms with Gasteiger partial charge in [-0.15, -0.1) is 0 Å². The number of alkyl halides is 1. The van der Waals surface area contributed by atoms with Crippen molar-refractivity contribution in [3.8, 4) is 23.0 Å². The van der Waals surface area contributed by atoms with Gasteiger partial charge in [0.2, 0.25) is 0 Å². The molecule has 0 saturated carbocycles. The van der Waals surface area contributed by atoms with E-state index in [9.17, 15) is 14.4 Å². The molecular weight excluding hydrogens is 476 g/mol. The molecular formula is C27H25F2N7O. The Hall–Kier alpha value is -4.39. The molecule has 0 unspecified atom stereocenters. The zero-order valence-electron chi connectivity index (χ0n) is 20.7. The molecule has 1 aromatic carbocycles. The van der Waals surface area contributed by atoms with Gasteiger partial charge in [0, 0.05) is 49.2 Å². The summed E-state index contributed by atoms with van der Waals surface area (Å²) in [5.41, 5.74) is -0.0763. The van der Waals surface area contributed by atoms with Gasteiger partial charge in [0.15, 0.2) is 11.3 Å². The minimum absolute atomic E-state index is 0.185. The highest BCUT2D eigenvalue weighted by atomic mass is 19.1. The molecule has 1 fully saturated rings. The van der Waals surface area contributed by atoms with Crippen molar-refractivity contribution in [2.75, 3.05) is 24.5 Å². The van der Waals surface area contributed by atoms with E-state index in [1.807, 2.05) is 11.8 Å². The number of fused-ring (bicyclic) bond motifs is 1. The van der Waals surface area contributed by atoms with Crippen molar-refractivity contribution in [3.63, 3.8) is 0 Å². The molecule has 10 heteroatoms. The summed E-state index contributed by atoms with van der Waals surface area (Å²) >= 11 is 0. The molecule has 0 aliphatic carbocycles. The fourth-order valence-corrected chi connectivity index (χ4v) is 4.77. The summed E-state index contributed by atoms with van der Waals surface area (Å²) in [7, 11) is 0. The van der Waals surface area contributed by atoms with Crippen molar-refractivity contribution in [2.45, 2.75) is 32.5 Å². The molecule has 1 saturated heterocycles. The molecule has 188 valence electrons. The summed E-state index contributed by atoms with van der Waals surface area (Å²) in [5.74, 6) is 0.0969. The van der Waals surface area contributed by atoms with Crippen molar-refractivity contribution < 1.29 is 13.6 Å². The Balaban J connectivity index is 1.66. The number of aromatic nitrogens is 4. The van der Waals surface area contributed by atoms with Gasteiger partial charge in [-0.05, 0) is 39.0 Å². The zero-order chi connectivity index (χ0) is 26.3. The van der Waals surface area contributed by atoms with Crippen molar-refractivity contribution in [1.82, 2.24) is 24.4 Å². The highest BCUT2D eigenvalue weighted by Gasteiger charge is 2.36. The lowest BCUT2D eigenvalue weighted by Gasteiger charge is -2.42. The lowest BCUT2D eigenvalue weighted by atomic mass is 10.0. The average molecular weight is 502 g/mol. The highest BCUT2D eigenvalue weighted by Crippen LogP contribution is 2.38. The molecule has 0 N–H and O–H groups in total. The summed E-state index contributed by atoms with van der Waals surface area (Å²) in [6, 6.07) is 11.6. The Morgan fingerprint density at radius 3 is 2.62 bits per heavy atom. The van der Waals surface area contributed by atoms with E-state index in [1.54, 1.807) is 41.1 Å². The standard InChI is InChI=1S/C27H25F2N7O/c1-17-14-34(26(37)27(2,3)29)10-11-35(17)24-23-20(19-6-4-5-7-21(19)28)15-36(25(23)33-16-32-24)22-12-18(13-30)8-9-31-22/h4-9,12,15-17H,10-11,14H2,1-3H3/t17-/m0/s1. The third-order valence-electron chi connectivity index (χ3n) is 6.54. The van der Waals surface area contributed by atoms with E-state index in [2.05, 4.69) is 21.0 Å². The third kappa shape index (κ3) is 4.37. The lowest BCUT2D eigenvalue weighted by Crippen LogP contribution is -2.57. The fraction of sp³-hybridized carbons (Fsp3) is 0.296. The predicted octanol–water partition coefficient (Wildman–Crippen LogP) is 4.28. The SMILES string of the molecule is C[C@H]1CN(C(=O)C(C)(C)F)CCN1c1ncnc2c1c(-c1ccccc1F)cn2-c1cc(C#N)ccn1.